The highest BCUT2D eigenvalue weighted by Gasteiger charge is 2.25. The molecule has 0 radical (unpaired) electrons. The van der Waals surface area contributed by atoms with Crippen molar-refractivity contribution in [2.24, 2.45) is 0 Å². The summed E-state index contributed by atoms with van der Waals surface area (Å²) >= 11 is 7.05. The normalized spacial score (nSPS) is 16.2. The maximum Gasteiger partial charge on any atom is 0.267 e. The van der Waals surface area contributed by atoms with Gasteiger partial charge in [0.05, 0.1) is 0 Å². The van der Waals surface area contributed by atoms with Gasteiger partial charge in [0.25, 0.3) is 5.91 Å². The van der Waals surface area contributed by atoms with Crippen molar-refractivity contribution < 1.29 is 4.79 Å². The minimum atomic E-state index is 0.0167. The van der Waals surface area contributed by atoms with Crippen LogP contribution >= 0.6 is 23.1 Å². The highest BCUT2D eigenvalue weighted by molar-refractivity contribution is 7.08. The van der Waals surface area contributed by atoms with Crippen molar-refractivity contribution in [3.05, 3.63) is 34.2 Å². The fraction of sp³-hybridized carbons (Fsp3) is 0.357. The number of likely N-dealkylation sites (N-methyl/N-ethyl adjacent to an activating group) is 1. The van der Waals surface area contributed by atoms with Crippen LogP contribution < -0.4 is 0 Å². The molecule has 21 heavy (non-hydrogen) atoms. The number of carbonyl (C=O) groups excluding carboxylic acids is 1. The number of halogens is 1. The predicted molar refractivity (Wildman–Crippen MR) is 83.8 cm³/mol. The average Bonchev–Trinajstić information content (AvgIpc) is 2.97. The third-order valence-electron chi connectivity index (χ3n) is 3.59. The van der Waals surface area contributed by atoms with Crippen molar-refractivity contribution in [1.29, 1.82) is 0 Å². The summed E-state index contributed by atoms with van der Waals surface area (Å²) in [5.41, 5.74) is 1.51. The topological polar surface area (TPSA) is 49.3 Å². The molecule has 0 aliphatic carbocycles. The Labute approximate surface area is 132 Å². The van der Waals surface area contributed by atoms with Crippen LogP contribution in [0.4, 0.5) is 0 Å². The monoisotopic (exact) mass is 322 g/mol. The first kappa shape index (κ1) is 14.4. The Morgan fingerprint density at radius 3 is 2.52 bits per heavy atom. The molecule has 0 unspecified atom stereocenters. The number of rotatable bonds is 2. The van der Waals surface area contributed by atoms with Gasteiger partial charge in [0.15, 0.2) is 0 Å². The molecule has 1 aliphatic rings. The number of piperazine rings is 1. The molecule has 0 N–H and O–H groups in total. The van der Waals surface area contributed by atoms with Crippen LogP contribution in [-0.2, 0) is 0 Å². The number of hydrogen-bond donors (Lipinski definition) is 0. The summed E-state index contributed by atoms with van der Waals surface area (Å²) in [5, 5.41) is 4.78. The molecule has 7 heteroatoms. The van der Waals surface area contributed by atoms with E-state index >= 15 is 0 Å². The summed E-state index contributed by atoms with van der Waals surface area (Å²) in [6.07, 6.45) is 0. The highest BCUT2D eigenvalue weighted by atomic mass is 35.5. The van der Waals surface area contributed by atoms with Crippen LogP contribution in [0.1, 0.15) is 9.67 Å². The number of amides is 1. The molecule has 1 saturated heterocycles. The minimum Gasteiger partial charge on any atom is -0.335 e. The number of nitrogens with zero attached hydrogens (tertiary/aromatic N) is 4. The lowest BCUT2D eigenvalue weighted by atomic mass is 10.1. The van der Waals surface area contributed by atoms with E-state index in [0.717, 1.165) is 43.3 Å². The number of hydrogen-bond acceptors (Lipinski definition) is 5. The Kier molecular flexibility index (Phi) is 4.19. The maximum absolute atomic E-state index is 12.6. The lowest BCUT2D eigenvalue weighted by molar-refractivity contribution is 0.0669. The molecule has 1 amide bonds. The minimum absolute atomic E-state index is 0.0167. The van der Waals surface area contributed by atoms with Crippen molar-refractivity contribution >= 4 is 29.0 Å². The number of benzene rings is 1. The molecule has 1 aliphatic heterocycles. The highest BCUT2D eigenvalue weighted by Crippen LogP contribution is 2.26. The van der Waals surface area contributed by atoms with Crippen LogP contribution in [0.5, 0.6) is 0 Å². The smallest absolute Gasteiger partial charge is 0.267 e. The van der Waals surface area contributed by atoms with Crippen LogP contribution in [-0.4, -0.2) is 58.5 Å². The van der Waals surface area contributed by atoms with Crippen LogP contribution in [0.2, 0.25) is 5.02 Å². The van der Waals surface area contributed by atoms with E-state index < -0.39 is 0 Å². The van der Waals surface area contributed by atoms with E-state index in [9.17, 15) is 4.79 Å². The van der Waals surface area contributed by atoms with E-state index in [1.165, 1.54) is 0 Å². The number of aromatic nitrogens is 2. The molecule has 0 atom stereocenters. The molecule has 0 saturated carbocycles. The van der Waals surface area contributed by atoms with Gasteiger partial charge in [-0.2, -0.15) is 0 Å². The molecule has 110 valence electrons. The van der Waals surface area contributed by atoms with Gasteiger partial charge in [-0.05, 0) is 30.7 Å². The number of carbonyl (C=O) groups is 1. The standard InChI is InChI=1S/C14H15ClN4OS/c1-18-6-8-19(9-7-18)14(20)13-12(16-17-21-13)10-2-4-11(15)5-3-10/h2-5H,6-9H2,1H3. The molecule has 2 aromatic rings. The first-order valence-electron chi connectivity index (χ1n) is 6.71. The van der Waals surface area contributed by atoms with Crippen molar-refractivity contribution in [2.45, 2.75) is 0 Å². The molecule has 0 bridgehead atoms. The van der Waals surface area contributed by atoms with Crippen molar-refractivity contribution in [1.82, 2.24) is 19.4 Å². The van der Waals surface area contributed by atoms with E-state index in [2.05, 4.69) is 21.5 Å². The Morgan fingerprint density at radius 1 is 1.19 bits per heavy atom. The Balaban J connectivity index is 1.85. The third-order valence-corrected chi connectivity index (χ3v) is 4.56. The van der Waals surface area contributed by atoms with Crippen molar-refractivity contribution in [2.75, 3.05) is 33.2 Å². The molecule has 2 heterocycles. The second-order valence-corrected chi connectivity index (χ2v) is 6.24. The van der Waals surface area contributed by atoms with Gasteiger partial charge < -0.3 is 9.80 Å². The second kappa shape index (κ2) is 6.09. The SMILES string of the molecule is CN1CCN(C(=O)c2snnc2-c2ccc(Cl)cc2)CC1. The molecular weight excluding hydrogens is 308 g/mol. The van der Waals surface area contributed by atoms with E-state index in [0.29, 0.717) is 15.6 Å². The second-order valence-electron chi connectivity index (χ2n) is 5.05. The van der Waals surface area contributed by atoms with Crippen LogP contribution in [0.3, 0.4) is 0 Å². The summed E-state index contributed by atoms with van der Waals surface area (Å²) in [6, 6.07) is 7.31. The lowest BCUT2D eigenvalue weighted by Gasteiger charge is -2.32. The van der Waals surface area contributed by atoms with Gasteiger partial charge in [0.1, 0.15) is 10.6 Å². The Hall–Kier alpha value is -1.50. The Bertz CT molecular complexity index is 635. The van der Waals surface area contributed by atoms with Crippen molar-refractivity contribution in [3.63, 3.8) is 0 Å². The zero-order valence-corrected chi connectivity index (χ0v) is 13.2. The van der Waals surface area contributed by atoms with E-state index in [4.69, 9.17) is 11.6 Å². The van der Waals surface area contributed by atoms with Gasteiger partial charge in [-0.3, -0.25) is 4.79 Å². The van der Waals surface area contributed by atoms with Gasteiger partial charge in [-0.25, -0.2) is 0 Å². The molecular formula is C14H15ClN4OS. The van der Waals surface area contributed by atoms with Crippen LogP contribution in [0.25, 0.3) is 11.3 Å². The zero-order chi connectivity index (χ0) is 14.8. The largest absolute Gasteiger partial charge is 0.335 e. The maximum atomic E-state index is 12.6. The van der Waals surface area contributed by atoms with E-state index in [1.807, 2.05) is 17.0 Å². The average molecular weight is 323 g/mol. The molecule has 1 aromatic carbocycles. The van der Waals surface area contributed by atoms with Crippen LogP contribution in [0, 0.1) is 0 Å². The molecule has 0 spiro atoms. The van der Waals surface area contributed by atoms with Crippen LogP contribution in [0.15, 0.2) is 24.3 Å². The molecule has 1 aromatic heterocycles. The first-order chi connectivity index (χ1) is 10.1. The van der Waals surface area contributed by atoms with Gasteiger partial charge in [0, 0.05) is 36.8 Å². The van der Waals surface area contributed by atoms with Crippen molar-refractivity contribution in [3.8, 4) is 11.3 Å². The summed E-state index contributed by atoms with van der Waals surface area (Å²) in [6.45, 7) is 3.28. The molecule has 3 rings (SSSR count). The zero-order valence-electron chi connectivity index (χ0n) is 11.6. The third kappa shape index (κ3) is 3.07. The lowest BCUT2D eigenvalue weighted by Crippen LogP contribution is -2.47. The van der Waals surface area contributed by atoms with E-state index in [-0.39, 0.29) is 5.91 Å². The van der Waals surface area contributed by atoms with Gasteiger partial charge in [-0.15, -0.1) is 5.10 Å². The van der Waals surface area contributed by atoms with E-state index in [1.54, 1.807) is 12.1 Å². The summed E-state index contributed by atoms with van der Waals surface area (Å²) in [4.78, 5) is 17.3. The quantitative estimate of drug-likeness (QED) is 0.851. The summed E-state index contributed by atoms with van der Waals surface area (Å²) in [5.74, 6) is 0.0167. The predicted octanol–water partition coefficient (Wildman–Crippen LogP) is 2.25. The van der Waals surface area contributed by atoms with Gasteiger partial charge >= 0.3 is 0 Å². The van der Waals surface area contributed by atoms with Gasteiger partial charge in [0.2, 0.25) is 0 Å². The Morgan fingerprint density at radius 2 is 1.86 bits per heavy atom. The summed E-state index contributed by atoms with van der Waals surface area (Å²) in [7, 11) is 2.06. The van der Waals surface area contributed by atoms with Gasteiger partial charge in [-0.1, -0.05) is 28.2 Å². The first-order valence-corrected chi connectivity index (χ1v) is 7.86. The summed E-state index contributed by atoms with van der Waals surface area (Å²) < 4.78 is 3.95. The molecule has 1 fully saturated rings. The fourth-order valence-electron chi connectivity index (χ4n) is 2.28. The molecule has 5 nitrogen and oxygen atoms in total. The fourth-order valence-corrected chi connectivity index (χ4v) is 3.06.